The quantitative estimate of drug-likeness (QED) is 0.727. The zero-order chi connectivity index (χ0) is 18.3. The number of hydrogen-bond acceptors (Lipinski definition) is 2. The van der Waals surface area contributed by atoms with Crippen LogP contribution in [-0.4, -0.2) is 23.9 Å². The summed E-state index contributed by atoms with van der Waals surface area (Å²) >= 11 is 0. The van der Waals surface area contributed by atoms with Crippen LogP contribution in [0.3, 0.4) is 0 Å². The van der Waals surface area contributed by atoms with Crippen molar-refractivity contribution in [1.29, 1.82) is 0 Å². The van der Waals surface area contributed by atoms with E-state index >= 15 is 0 Å². The molecule has 1 amide bonds. The molecular weight excluding hydrogens is 332 g/mol. The van der Waals surface area contributed by atoms with Crippen molar-refractivity contribution < 1.29 is 4.79 Å². The Bertz CT molecular complexity index is 997. The second-order valence-electron chi connectivity index (χ2n) is 7.98. The SMILES string of the molecule is O=C1Nc2ccccc2CC12CCN(Cc1cccc3ccccc13)CC2. The topological polar surface area (TPSA) is 32.3 Å². The van der Waals surface area contributed by atoms with Gasteiger partial charge in [0, 0.05) is 12.2 Å². The number of amides is 1. The summed E-state index contributed by atoms with van der Waals surface area (Å²) in [4.78, 5) is 15.3. The summed E-state index contributed by atoms with van der Waals surface area (Å²) < 4.78 is 0. The molecule has 0 radical (unpaired) electrons. The number of fused-ring (bicyclic) bond motifs is 2. The van der Waals surface area contributed by atoms with Crippen LogP contribution in [0, 0.1) is 5.41 Å². The molecule has 0 saturated carbocycles. The van der Waals surface area contributed by atoms with E-state index in [0.717, 1.165) is 44.6 Å². The highest BCUT2D eigenvalue weighted by Crippen LogP contribution is 2.41. The minimum Gasteiger partial charge on any atom is -0.325 e. The Morgan fingerprint density at radius 3 is 2.52 bits per heavy atom. The molecule has 3 nitrogen and oxygen atoms in total. The molecule has 5 rings (SSSR count). The number of benzene rings is 3. The first kappa shape index (κ1) is 16.5. The summed E-state index contributed by atoms with van der Waals surface area (Å²) in [7, 11) is 0. The lowest BCUT2D eigenvalue weighted by atomic mass is 9.71. The van der Waals surface area contributed by atoms with Gasteiger partial charge in [0.25, 0.3) is 0 Å². The number of nitrogens with zero attached hydrogens (tertiary/aromatic N) is 1. The van der Waals surface area contributed by atoms with E-state index in [2.05, 4.69) is 64.8 Å². The van der Waals surface area contributed by atoms with Crippen molar-refractivity contribution in [1.82, 2.24) is 4.90 Å². The fraction of sp³-hybridized carbons (Fsp3) is 0.292. The lowest BCUT2D eigenvalue weighted by Crippen LogP contribution is -2.49. The molecule has 0 unspecified atom stereocenters. The Morgan fingerprint density at radius 1 is 0.889 bits per heavy atom. The molecule has 0 aromatic heterocycles. The Kier molecular flexibility index (Phi) is 3.98. The van der Waals surface area contributed by atoms with Crippen LogP contribution >= 0.6 is 0 Å². The van der Waals surface area contributed by atoms with E-state index < -0.39 is 0 Å². The fourth-order valence-electron chi connectivity index (χ4n) is 4.71. The first-order valence-corrected chi connectivity index (χ1v) is 9.82. The highest BCUT2D eigenvalue weighted by atomic mass is 16.2. The second kappa shape index (κ2) is 6.50. The van der Waals surface area contributed by atoms with Gasteiger partial charge in [0.1, 0.15) is 0 Å². The molecule has 136 valence electrons. The minimum absolute atomic E-state index is 0.214. The van der Waals surface area contributed by atoms with E-state index in [1.807, 2.05) is 12.1 Å². The van der Waals surface area contributed by atoms with Gasteiger partial charge in [-0.2, -0.15) is 0 Å². The third-order valence-corrected chi connectivity index (χ3v) is 6.36. The maximum absolute atomic E-state index is 12.8. The highest BCUT2D eigenvalue weighted by Gasteiger charge is 2.44. The normalized spacial score (nSPS) is 19.0. The lowest BCUT2D eigenvalue weighted by Gasteiger charge is -2.43. The molecule has 0 bridgehead atoms. The summed E-state index contributed by atoms with van der Waals surface area (Å²) in [6.45, 7) is 2.90. The van der Waals surface area contributed by atoms with Crippen LogP contribution in [0.5, 0.6) is 0 Å². The molecule has 2 aliphatic rings. The average Bonchev–Trinajstić information content (AvgIpc) is 2.71. The zero-order valence-electron chi connectivity index (χ0n) is 15.4. The summed E-state index contributed by atoms with van der Waals surface area (Å²) in [5, 5.41) is 5.79. The standard InChI is InChI=1S/C24H24N2O/c27-23-24(16-19-7-2-4-11-22(19)25-23)12-14-26(15-13-24)17-20-9-5-8-18-6-1-3-10-21(18)20/h1-11H,12-17H2,(H,25,27). The van der Waals surface area contributed by atoms with Gasteiger partial charge < -0.3 is 5.32 Å². The van der Waals surface area contributed by atoms with Gasteiger partial charge in [0.05, 0.1) is 5.41 Å². The Hall–Kier alpha value is -2.65. The first-order chi connectivity index (χ1) is 13.2. The van der Waals surface area contributed by atoms with E-state index in [4.69, 9.17) is 0 Å². The molecule has 1 N–H and O–H groups in total. The summed E-state index contributed by atoms with van der Waals surface area (Å²) in [5.41, 5.74) is 3.41. The van der Waals surface area contributed by atoms with E-state index in [0.29, 0.717) is 0 Å². The van der Waals surface area contributed by atoms with Gasteiger partial charge in [-0.05, 0) is 60.3 Å². The fourth-order valence-corrected chi connectivity index (χ4v) is 4.71. The van der Waals surface area contributed by atoms with Crippen LogP contribution in [0.2, 0.25) is 0 Å². The molecule has 2 aliphatic heterocycles. The number of carbonyl (C=O) groups excluding carboxylic acids is 1. The van der Waals surface area contributed by atoms with Crippen molar-refractivity contribution in [3.63, 3.8) is 0 Å². The molecule has 2 heterocycles. The molecular formula is C24H24N2O. The largest absolute Gasteiger partial charge is 0.325 e. The monoisotopic (exact) mass is 356 g/mol. The first-order valence-electron chi connectivity index (χ1n) is 9.82. The van der Waals surface area contributed by atoms with Crippen molar-refractivity contribution in [3.05, 3.63) is 77.9 Å². The number of hydrogen-bond donors (Lipinski definition) is 1. The number of carbonyl (C=O) groups is 1. The predicted octanol–water partition coefficient (Wildman–Crippen LogP) is 4.62. The summed E-state index contributed by atoms with van der Waals surface area (Å²) in [6, 6.07) is 23.4. The van der Waals surface area contributed by atoms with E-state index in [-0.39, 0.29) is 11.3 Å². The average molecular weight is 356 g/mol. The molecule has 3 aromatic carbocycles. The highest BCUT2D eigenvalue weighted by molar-refractivity contribution is 5.98. The van der Waals surface area contributed by atoms with Gasteiger partial charge in [-0.25, -0.2) is 0 Å². The van der Waals surface area contributed by atoms with Crippen LogP contribution < -0.4 is 5.32 Å². The van der Waals surface area contributed by atoms with Gasteiger partial charge in [-0.15, -0.1) is 0 Å². The molecule has 0 atom stereocenters. The van der Waals surface area contributed by atoms with Crippen molar-refractivity contribution in [2.75, 3.05) is 18.4 Å². The van der Waals surface area contributed by atoms with Gasteiger partial charge in [0.2, 0.25) is 5.91 Å². The molecule has 3 heteroatoms. The second-order valence-corrected chi connectivity index (χ2v) is 7.98. The number of anilines is 1. The Balaban J connectivity index is 1.33. The zero-order valence-corrected chi connectivity index (χ0v) is 15.4. The smallest absolute Gasteiger partial charge is 0.231 e. The van der Waals surface area contributed by atoms with Gasteiger partial charge >= 0.3 is 0 Å². The minimum atomic E-state index is -0.233. The van der Waals surface area contributed by atoms with Gasteiger partial charge in [-0.3, -0.25) is 9.69 Å². The third-order valence-electron chi connectivity index (χ3n) is 6.36. The molecule has 27 heavy (non-hydrogen) atoms. The number of nitrogens with one attached hydrogen (secondary N) is 1. The Morgan fingerprint density at radius 2 is 1.63 bits per heavy atom. The molecule has 1 saturated heterocycles. The van der Waals surface area contributed by atoms with Crippen LogP contribution in [0.15, 0.2) is 66.7 Å². The lowest BCUT2D eigenvalue weighted by molar-refractivity contribution is -0.129. The maximum atomic E-state index is 12.8. The third kappa shape index (κ3) is 2.92. The van der Waals surface area contributed by atoms with Gasteiger partial charge in [0.15, 0.2) is 0 Å². The molecule has 0 aliphatic carbocycles. The Labute approximate surface area is 160 Å². The van der Waals surface area contributed by atoms with Crippen LogP contribution in [0.25, 0.3) is 10.8 Å². The van der Waals surface area contributed by atoms with Crippen LogP contribution in [-0.2, 0) is 17.8 Å². The van der Waals surface area contributed by atoms with Crippen LogP contribution in [0.4, 0.5) is 5.69 Å². The van der Waals surface area contributed by atoms with E-state index in [1.165, 1.54) is 21.9 Å². The van der Waals surface area contributed by atoms with Crippen molar-refractivity contribution in [2.45, 2.75) is 25.8 Å². The van der Waals surface area contributed by atoms with Crippen molar-refractivity contribution >= 4 is 22.4 Å². The molecule has 3 aromatic rings. The number of rotatable bonds is 2. The van der Waals surface area contributed by atoms with Crippen molar-refractivity contribution in [2.24, 2.45) is 5.41 Å². The number of likely N-dealkylation sites (tertiary alicyclic amines) is 1. The molecule has 1 spiro atoms. The number of piperidine rings is 1. The van der Waals surface area contributed by atoms with Crippen molar-refractivity contribution in [3.8, 4) is 0 Å². The van der Waals surface area contributed by atoms with Crippen LogP contribution in [0.1, 0.15) is 24.0 Å². The predicted molar refractivity (Wildman–Crippen MR) is 110 cm³/mol. The summed E-state index contributed by atoms with van der Waals surface area (Å²) in [5.74, 6) is 0.214. The van der Waals surface area contributed by atoms with Gasteiger partial charge in [-0.1, -0.05) is 60.7 Å². The number of para-hydroxylation sites is 1. The van der Waals surface area contributed by atoms with E-state index in [1.54, 1.807) is 0 Å². The maximum Gasteiger partial charge on any atom is 0.231 e. The summed E-state index contributed by atoms with van der Waals surface area (Å²) in [6.07, 6.45) is 2.73. The van der Waals surface area contributed by atoms with E-state index in [9.17, 15) is 4.79 Å². The molecule has 1 fully saturated rings.